The van der Waals surface area contributed by atoms with Crippen LogP contribution in [0.25, 0.3) is 0 Å². The molecule has 0 amide bonds. The lowest BCUT2D eigenvalue weighted by Gasteiger charge is -2.11. The number of carbonyl (C=O) groups excluding carboxylic acids is 3. The molecule has 0 spiro atoms. The fraction of sp³-hybridized carbons (Fsp3) is 0.357. The lowest BCUT2D eigenvalue weighted by atomic mass is 10.0. The fourth-order valence-electron chi connectivity index (χ4n) is 1.56. The predicted octanol–water partition coefficient (Wildman–Crippen LogP) is 1.96. The summed E-state index contributed by atoms with van der Waals surface area (Å²) in [6.07, 6.45) is 0.891. The van der Waals surface area contributed by atoms with Crippen molar-refractivity contribution in [3.05, 3.63) is 35.9 Å². The van der Waals surface area contributed by atoms with E-state index >= 15 is 0 Å². The summed E-state index contributed by atoms with van der Waals surface area (Å²) in [5.41, 5.74) is 0.260. The third-order valence-corrected chi connectivity index (χ3v) is 2.55. The molecule has 5 heteroatoms. The Morgan fingerprint density at radius 2 is 1.74 bits per heavy atom. The summed E-state index contributed by atoms with van der Waals surface area (Å²) >= 11 is 0. The molecule has 0 radical (unpaired) electrons. The van der Waals surface area contributed by atoms with Crippen LogP contribution < -0.4 is 0 Å². The normalized spacial score (nSPS) is 11.5. The maximum Gasteiger partial charge on any atom is 0.345 e. The summed E-state index contributed by atoms with van der Waals surface area (Å²) in [6, 6.07) is 8.12. The molecule has 0 heterocycles. The second kappa shape index (κ2) is 7.31. The van der Waals surface area contributed by atoms with E-state index < -0.39 is 23.8 Å². The maximum absolute atomic E-state index is 11.8. The van der Waals surface area contributed by atoms with Gasteiger partial charge in [0.1, 0.15) is 0 Å². The molecule has 0 aliphatic heterocycles. The highest BCUT2D eigenvalue weighted by Crippen LogP contribution is 2.12. The van der Waals surface area contributed by atoms with Gasteiger partial charge >= 0.3 is 17.9 Å². The average molecular weight is 264 g/mol. The average Bonchev–Trinajstić information content (AvgIpc) is 2.44. The van der Waals surface area contributed by atoms with Crippen molar-refractivity contribution < 1.29 is 23.9 Å². The van der Waals surface area contributed by atoms with Gasteiger partial charge in [0, 0.05) is 0 Å². The van der Waals surface area contributed by atoms with Gasteiger partial charge in [0.2, 0.25) is 0 Å². The topological polar surface area (TPSA) is 69.7 Å². The molecule has 0 fully saturated rings. The standard InChI is InChI=1S/C14H16O5/c1-3-7-11(13(16)18-2)14(17)19-12(15)10-8-5-4-6-9-10/h4-6,8-9,11H,3,7H2,1-2H3. The number of hydrogen-bond donors (Lipinski definition) is 0. The lowest BCUT2D eigenvalue weighted by molar-refractivity contribution is -0.157. The van der Waals surface area contributed by atoms with Crippen LogP contribution in [0.3, 0.4) is 0 Å². The first-order chi connectivity index (χ1) is 9.10. The highest BCUT2D eigenvalue weighted by Gasteiger charge is 2.30. The molecule has 1 aromatic rings. The lowest BCUT2D eigenvalue weighted by Crippen LogP contribution is -2.29. The predicted molar refractivity (Wildman–Crippen MR) is 67.3 cm³/mol. The van der Waals surface area contributed by atoms with E-state index in [-0.39, 0.29) is 12.0 Å². The van der Waals surface area contributed by atoms with Gasteiger partial charge < -0.3 is 9.47 Å². The van der Waals surface area contributed by atoms with Gasteiger partial charge in [-0.25, -0.2) is 4.79 Å². The quantitative estimate of drug-likeness (QED) is 0.600. The van der Waals surface area contributed by atoms with E-state index in [0.717, 1.165) is 0 Å². The number of benzene rings is 1. The first-order valence-electron chi connectivity index (χ1n) is 5.99. The summed E-state index contributed by atoms with van der Waals surface area (Å²) in [6.45, 7) is 1.82. The molecule has 0 saturated carbocycles. The van der Waals surface area contributed by atoms with Gasteiger partial charge in [0.05, 0.1) is 12.7 Å². The zero-order valence-corrected chi connectivity index (χ0v) is 10.9. The van der Waals surface area contributed by atoms with Gasteiger partial charge in [0.15, 0.2) is 5.92 Å². The van der Waals surface area contributed by atoms with Gasteiger partial charge in [-0.15, -0.1) is 0 Å². The zero-order valence-electron chi connectivity index (χ0n) is 10.9. The molecule has 0 bridgehead atoms. The van der Waals surface area contributed by atoms with Gasteiger partial charge in [-0.3, -0.25) is 9.59 Å². The Balaban J connectivity index is 2.71. The summed E-state index contributed by atoms with van der Waals surface area (Å²) in [7, 11) is 1.19. The summed E-state index contributed by atoms with van der Waals surface area (Å²) < 4.78 is 9.22. The number of ether oxygens (including phenoxy) is 2. The third-order valence-electron chi connectivity index (χ3n) is 2.55. The van der Waals surface area contributed by atoms with Crippen molar-refractivity contribution in [2.45, 2.75) is 19.8 Å². The second-order valence-electron chi connectivity index (χ2n) is 3.94. The molecule has 102 valence electrons. The molecule has 1 unspecified atom stereocenters. The first-order valence-corrected chi connectivity index (χ1v) is 5.99. The third kappa shape index (κ3) is 4.21. The number of methoxy groups -OCH3 is 1. The summed E-state index contributed by atoms with van der Waals surface area (Å²) in [5.74, 6) is -3.38. The Bertz CT molecular complexity index is 452. The summed E-state index contributed by atoms with van der Waals surface area (Å²) in [4.78, 5) is 34.9. The van der Waals surface area contributed by atoms with Crippen LogP contribution in [0, 0.1) is 5.92 Å². The van der Waals surface area contributed by atoms with Crippen LogP contribution in [0.4, 0.5) is 0 Å². The second-order valence-corrected chi connectivity index (χ2v) is 3.94. The van der Waals surface area contributed by atoms with E-state index in [1.54, 1.807) is 18.2 Å². The van der Waals surface area contributed by atoms with Gasteiger partial charge in [0.25, 0.3) is 0 Å². The minimum atomic E-state index is -1.05. The Morgan fingerprint density at radius 3 is 2.26 bits per heavy atom. The largest absolute Gasteiger partial charge is 0.468 e. The van der Waals surface area contributed by atoms with E-state index in [0.29, 0.717) is 6.42 Å². The Kier molecular flexibility index (Phi) is 5.73. The number of carbonyl (C=O) groups is 3. The van der Waals surface area contributed by atoms with E-state index in [9.17, 15) is 14.4 Å². The van der Waals surface area contributed by atoms with Gasteiger partial charge in [-0.2, -0.15) is 0 Å². The number of rotatable bonds is 5. The van der Waals surface area contributed by atoms with E-state index in [1.165, 1.54) is 19.2 Å². The van der Waals surface area contributed by atoms with Crippen molar-refractivity contribution in [3.8, 4) is 0 Å². The molecular formula is C14H16O5. The van der Waals surface area contributed by atoms with Crippen molar-refractivity contribution >= 4 is 17.9 Å². The Hall–Kier alpha value is -2.17. The molecular weight excluding hydrogens is 248 g/mol. The molecule has 19 heavy (non-hydrogen) atoms. The van der Waals surface area contributed by atoms with Crippen molar-refractivity contribution in [3.63, 3.8) is 0 Å². The van der Waals surface area contributed by atoms with Crippen LogP contribution in [0.2, 0.25) is 0 Å². The highest BCUT2D eigenvalue weighted by molar-refractivity contribution is 6.03. The van der Waals surface area contributed by atoms with Crippen LogP contribution in [0.1, 0.15) is 30.1 Å². The number of esters is 3. The van der Waals surface area contributed by atoms with Gasteiger partial charge in [-0.05, 0) is 18.6 Å². The zero-order chi connectivity index (χ0) is 14.3. The number of hydrogen-bond acceptors (Lipinski definition) is 5. The molecule has 1 rings (SSSR count). The minimum absolute atomic E-state index is 0.260. The van der Waals surface area contributed by atoms with E-state index in [1.807, 2.05) is 6.92 Å². The molecule has 1 aromatic carbocycles. The van der Waals surface area contributed by atoms with Crippen molar-refractivity contribution in [2.24, 2.45) is 5.92 Å². The summed E-state index contributed by atoms with van der Waals surface area (Å²) in [5, 5.41) is 0. The molecule has 0 aliphatic rings. The van der Waals surface area contributed by atoms with Crippen LogP contribution in [0.5, 0.6) is 0 Å². The molecule has 5 nitrogen and oxygen atoms in total. The van der Waals surface area contributed by atoms with Crippen LogP contribution in [0.15, 0.2) is 30.3 Å². The Morgan fingerprint density at radius 1 is 1.11 bits per heavy atom. The van der Waals surface area contributed by atoms with Crippen molar-refractivity contribution in [2.75, 3.05) is 7.11 Å². The van der Waals surface area contributed by atoms with Crippen molar-refractivity contribution in [1.29, 1.82) is 0 Å². The van der Waals surface area contributed by atoms with E-state index in [4.69, 9.17) is 4.74 Å². The molecule has 0 N–H and O–H groups in total. The molecule has 0 saturated heterocycles. The smallest absolute Gasteiger partial charge is 0.345 e. The molecule has 1 atom stereocenters. The molecule has 0 aliphatic carbocycles. The van der Waals surface area contributed by atoms with Crippen LogP contribution in [-0.4, -0.2) is 25.0 Å². The minimum Gasteiger partial charge on any atom is -0.468 e. The SMILES string of the molecule is CCCC(C(=O)OC)C(=O)OC(=O)c1ccccc1. The highest BCUT2D eigenvalue weighted by atomic mass is 16.6. The van der Waals surface area contributed by atoms with Crippen LogP contribution >= 0.6 is 0 Å². The van der Waals surface area contributed by atoms with Crippen molar-refractivity contribution in [1.82, 2.24) is 0 Å². The van der Waals surface area contributed by atoms with Crippen LogP contribution in [-0.2, 0) is 19.1 Å². The van der Waals surface area contributed by atoms with Gasteiger partial charge in [-0.1, -0.05) is 31.5 Å². The molecule has 0 aromatic heterocycles. The van der Waals surface area contributed by atoms with E-state index in [2.05, 4.69) is 4.74 Å². The Labute approximate surface area is 111 Å². The fourth-order valence-corrected chi connectivity index (χ4v) is 1.56. The first kappa shape index (κ1) is 14.9. The monoisotopic (exact) mass is 264 g/mol. The maximum atomic E-state index is 11.8.